The highest BCUT2D eigenvalue weighted by molar-refractivity contribution is 7.99. The Hall–Kier alpha value is -1.82. The van der Waals surface area contributed by atoms with E-state index in [1.165, 1.54) is 17.3 Å². The Morgan fingerprint density at radius 1 is 1.30 bits per heavy atom. The Kier molecular flexibility index (Phi) is 7.13. The zero-order chi connectivity index (χ0) is 16.5. The summed E-state index contributed by atoms with van der Waals surface area (Å²) in [4.78, 5) is 11.5. The summed E-state index contributed by atoms with van der Waals surface area (Å²) in [6, 6.07) is 10.2. The average Bonchev–Trinajstić information content (AvgIpc) is 3.01. The first-order valence-electron chi connectivity index (χ1n) is 7.84. The monoisotopic (exact) mass is 334 g/mol. The van der Waals surface area contributed by atoms with Crippen molar-refractivity contribution in [2.45, 2.75) is 44.3 Å². The second-order valence-electron chi connectivity index (χ2n) is 5.34. The fraction of sp³-hybridized carbons (Fsp3) is 0.471. The highest BCUT2D eigenvalue weighted by Crippen LogP contribution is 2.22. The third-order valence-electron chi connectivity index (χ3n) is 3.37. The van der Waals surface area contributed by atoms with E-state index < -0.39 is 0 Å². The number of hydrogen-bond acceptors (Lipinski definition) is 6. The number of thioether (sulfide) groups is 1. The molecule has 1 aromatic heterocycles. The van der Waals surface area contributed by atoms with Gasteiger partial charge < -0.3 is 9.15 Å². The average molecular weight is 334 g/mol. The van der Waals surface area contributed by atoms with Crippen LogP contribution in [0, 0.1) is 0 Å². The van der Waals surface area contributed by atoms with E-state index in [4.69, 9.17) is 9.15 Å². The predicted molar refractivity (Wildman–Crippen MR) is 89.5 cm³/mol. The van der Waals surface area contributed by atoms with E-state index in [9.17, 15) is 4.79 Å². The van der Waals surface area contributed by atoms with Gasteiger partial charge in [-0.15, -0.1) is 10.2 Å². The lowest BCUT2D eigenvalue weighted by molar-refractivity contribution is -0.140. The van der Waals surface area contributed by atoms with Crippen LogP contribution >= 0.6 is 11.8 Å². The predicted octanol–water partition coefficient (Wildman–Crippen LogP) is 3.85. The second kappa shape index (κ2) is 9.35. The summed E-state index contributed by atoms with van der Waals surface area (Å²) in [7, 11) is 0. The highest BCUT2D eigenvalue weighted by atomic mass is 32.2. The summed E-state index contributed by atoms with van der Waals surface area (Å²) < 4.78 is 10.7. The number of esters is 1. The number of rotatable bonds is 9. The van der Waals surface area contributed by atoms with Crippen LogP contribution in [0.4, 0.5) is 0 Å². The molecular formula is C17H22N2O3S. The van der Waals surface area contributed by atoms with Crippen LogP contribution in [-0.4, -0.2) is 28.5 Å². The molecular weight excluding hydrogens is 312 g/mol. The molecule has 0 spiro atoms. The van der Waals surface area contributed by atoms with Crippen LogP contribution in [-0.2, 0) is 16.0 Å². The molecule has 6 heteroatoms. The minimum atomic E-state index is -0.249. The van der Waals surface area contributed by atoms with Gasteiger partial charge >= 0.3 is 5.97 Å². The van der Waals surface area contributed by atoms with E-state index in [0.29, 0.717) is 30.1 Å². The van der Waals surface area contributed by atoms with Gasteiger partial charge in [0.1, 0.15) is 5.75 Å². The Bertz CT molecular complexity index is 601. The summed E-state index contributed by atoms with van der Waals surface area (Å²) >= 11 is 1.22. The first-order valence-corrected chi connectivity index (χ1v) is 8.83. The SMILES string of the molecule is CCCCOC(=O)CSc1nnc(CC(C)c2ccccc2)o1. The van der Waals surface area contributed by atoms with E-state index in [2.05, 4.69) is 36.2 Å². The Balaban J connectivity index is 1.78. The zero-order valence-corrected chi connectivity index (χ0v) is 14.3. The van der Waals surface area contributed by atoms with Crippen molar-refractivity contribution in [3.63, 3.8) is 0 Å². The summed E-state index contributed by atoms with van der Waals surface area (Å²) in [6.45, 7) is 4.65. The first kappa shape index (κ1) is 17.5. The minimum Gasteiger partial charge on any atom is -0.465 e. The third kappa shape index (κ3) is 6.06. The quantitative estimate of drug-likeness (QED) is 0.394. The Morgan fingerprint density at radius 2 is 2.09 bits per heavy atom. The molecule has 1 atom stereocenters. The lowest BCUT2D eigenvalue weighted by atomic mass is 9.98. The van der Waals surface area contributed by atoms with Crippen LogP contribution in [0.25, 0.3) is 0 Å². The fourth-order valence-corrected chi connectivity index (χ4v) is 2.61. The molecule has 1 unspecified atom stereocenters. The number of carbonyl (C=O) groups is 1. The molecule has 2 rings (SSSR count). The molecule has 0 aliphatic rings. The van der Waals surface area contributed by atoms with Gasteiger partial charge in [-0.3, -0.25) is 4.79 Å². The summed E-state index contributed by atoms with van der Waals surface area (Å²) in [5, 5.41) is 8.43. The number of ether oxygens (including phenoxy) is 1. The van der Waals surface area contributed by atoms with Gasteiger partial charge in [-0.1, -0.05) is 62.4 Å². The molecule has 1 aromatic carbocycles. The van der Waals surface area contributed by atoms with Crippen molar-refractivity contribution >= 4 is 17.7 Å². The molecule has 5 nitrogen and oxygen atoms in total. The van der Waals surface area contributed by atoms with Crippen molar-refractivity contribution in [3.8, 4) is 0 Å². The number of benzene rings is 1. The maximum atomic E-state index is 11.5. The molecule has 0 amide bonds. The largest absolute Gasteiger partial charge is 0.465 e. The van der Waals surface area contributed by atoms with E-state index in [1.807, 2.05) is 18.2 Å². The molecule has 0 radical (unpaired) electrons. The molecule has 0 N–H and O–H groups in total. The van der Waals surface area contributed by atoms with E-state index in [-0.39, 0.29) is 11.7 Å². The van der Waals surface area contributed by atoms with Gasteiger partial charge in [-0.2, -0.15) is 0 Å². The van der Waals surface area contributed by atoms with Gasteiger partial charge in [-0.25, -0.2) is 0 Å². The van der Waals surface area contributed by atoms with Crippen molar-refractivity contribution in [2.24, 2.45) is 0 Å². The van der Waals surface area contributed by atoms with Gasteiger partial charge in [0, 0.05) is 6.42 Å². The normalized spacial score (nSPS) is 12.1. The molecule has 2 aromatic rings. The van der Waals surface area contributed by atoms with E-state index in [1.54, 1.807) is 0 Å². The van der Waals surface area contributed by atoms with Crippen molar-refractivity contribution in [3.05, 3.63) is 41.8 Å². The molecule has 124 valence electrons. The van der Waals surface area contributed by atoms with Crippen LogP contribution in [0.2, 0.25) is 0 Å². The highest BCUT2D eigenvalue weighted by Gasteiger charge is 2.14. The van der Waals surface area contributed by atoms with Crippen LogP contribution in [0.15, 0.2) is 40.0 Å². The lowest BCUT2D eigenvalue weighted by Gasteiger charge is -2.08. The lowest BCUT2D eigenvalue weighted by Crippen LogP contribution is -2.08. The van der Waals surface area contributed by atoms with Crippen molar-refractivity contribution in [2.75, 3.05) is 12.4 Å². The Labute approximate surface area is 140 Å². The van der Waals surface area contributed by atoms with Crippen LogP contribution in [0.3, 0.4) is 0 Å². The van der Waals surface area contributed by atoms with Crippen molar-refractivity contribution in [1.29, 1.82) is 0 Å². The summed E-state index contributed by atoms with van der Waals surface area (Å²) in [5.74, 6) is 0.831. The molecule has 0 aliphatic heterocycles. The van der Waals surface area contributed by atoms with Gasteiger partial charge in [0.2, 0.25) is 5.89 Å². The van der Waals surface area contributed by atoms with Gasteiger partial charge in [0.05, 0.1) is 6.61 Å². The van der Waals surface area contributed by atoms with Crippen LogP contribution < -0.4 is 0 Å². The maximum absolute atomic E-state index is 11.5. The Morgan fingerprint density at radius 3 is 2.83 bits per heavy atom. The van der Waals surface area contributed by atoms with Gasteiger partial charge in [-0.05, 0) is 17.9 Å². The minimum absolute atomic E-state index is 0.194. The fourth-order valence-electron chi connectivity index (χ4n) is 2.03. The van der Waals surface area contributed by atoms with Crippen LogP contribution in [0.5, 0.6) is 0 Å². The van der Waals surface area contributed by atoms with E-state index in [0.717, 1.165) is 12.8 Å². The number of hydrogen-bond donors (Lipinski definition) is 0. The molecule has 0 bridgehead atoms. The van der Waals surface area contributed by atoms with Crippen molar-refractivity contribution < 1.29 is 13.9 Å². The van der Waals surface area contributed by atoms with E-state index >= 15 is 0 Å². The molecule has 1 heterocycles. The number of aromatic nitrogens is 2. The second-order valence-corrected chi connectivity index (χ2v) is 6.27. The maximum Gasteiger partial charge on any atom is 0.316 e. The summed E-state index contributed by atoms with van der Waals surface area (Å²) in [6.07, 6.45) is 2.57. The molecule has 0 aliphatic carbocycles. The molecule has 0 saturated heterocycles. The van der Waals surface area contributed by atoms with Gasteiger partial charge in [0.15, 0.2) is 0 Å². The smallest absolute Gasteiger partial charge is 0.316 e. The van der Waals surface area contributed by atoms with Crippen LogP contribution in [0.1, 0.15) is 44.1 Å². The first-order chi connectivity index (χ1) is 11.2. The zero-order valence-electron chi connectivity index (χ0n) is 13.5. The molecule has 0 saturated carbocycles. The topological polar surface area (TPSA) is 65.2 Å². The number of nitrogens with zero attached hydrogens (tertiary/aromatic N) is 2. The standard InChI is InChI=1S/C17H22N2O3S/c1-3-4-10-21-16(20)12-23-17-19-18-15(22-17)11-13(2)14-8-6-5-7-9-14/h5-9,13H,3-4,10-12H2,1-2H3. The molecule has 23 heavy (non-hydrogen) atoms. The third-order valence-corrected chi connectivity index (χ3v) is 4.16. The summed E-state index contributed by atoms with van der Waals surface area (Å²) in [5.41, 5.74) is 1.24. The molecule has 0 fully saturated rings. The van der Waals surface area contributed by atoms with Gasteiger partial charge in [0.25, 0.3) is 5.22 Å². The number of carbonyl (C=O) groups excluding carboxylic acids is 1. The van der Waals surface area contributed by atoms with Crippen molar-refractivity contribution in [1.82, 2.24) is 10.2 Å². The number of unbranched alkanes of at least 4 members (excludes halogenated alkanes) is 1.